The second kappa shape index (κ2) is 5.60. The normalized spacial score (nSPS) is 18.6. The van der Waals surface area contributed by atoms with E-state index in [0.717, 1.165) is 12.1 Å². The molecule has 1 heterocycles. The summed E-state index contributed by atoms with van der Waals surface area (Å²) in [5, 5.41) is 3.10. The van der Waals surface area contributed by atoms with Crippen LogP contribution in [0.3, 0.4) is 0 Å². The summed E-state index contributed by atoms with van der Waals surface area (Å²) in [7, 11) is 0. The monoisotopic (exact) mass is 287 g/mol. The molecular weight excluding hydrogens is 271 g/mol. The van der Waals surface area contributed by atoms with Crippen LogP contribution >= 0.6 is 0 Å². The summed E-state index contributed by atoms with van der Waals surface area (Å²) in [6, 6.07) is 3.86. The zero-order chi connectivity index (χ0) is 14.8. The third kappa shape index (κ3) is 3.55. The van der Waals surface area contributed by atoms with Crippen LogP contribution in [-0.2, 0) is 10.9 Å². The van der Waals surface area contributed by atoms with Crippen LogP contribution in [0.2, 0.25) is 0 Å². The van der Waals surface area contributed by atoms with E-state index in [4.69, 9.17) is 10.5 Å². The summed E-state index contributed by atoms with van der Waals surface area (Å²) in [4.78, 5) is 4.07. The second-order valence-corrected chi connectivity index (χ2v) is 4.68. The minimum Gasteiger partial charge on any atom is -0.463 e. The lowest BCUT2D eigenvalue weighted by atomic mass is 10.1. The molecule has 0 unspecified atom stereocenters. The van der Waals surface area contributed by atoms with E-state index in [1.54, 1.807) is 6.92 Å². The van der Waals surface area contributed by atoms with Gasteiger partial charge in [-0.15, -0.1) is 0 Å². The molecule has 1 atom stereocenters. The highest BCUT2D eigenvalue weighted by molar-refractivity contribution is 5.73. The van der Waals surface area contributed by atoms with Crippen molar-refractivity contribution in [3.8, 4) is 0 Å². The molecule has 0 fully saturated rings. The average molecular weight is 287 g/mol. The van der Waals surface area contributed by atoms with Gasteiger partial charge in [0.2, 0.25) is 0 Å². The minimum atomic E-state index is -4.31. The number of alkyl halides is 3. The average Bonchev–Trinajstić information content (AvgIpc) is 2.76. The number of benzene rings is 1. The van der Waals surface area contributed by atoms with Gasteiger partial charge in [0.1, 0.15) is 6.61 Å². The first-order chi connectivity index (χ1) is 9.36. The van der Waals surface area contributed by atoms with Crippen LogP contribution in [0.15, 0.2) is 23.2 Å². The molecule has 0 aromatic heterocycles. The molecule has 20 heavy (non-hydrogen) atoms. The van der Waals surface area contributed by atoms with Crippen LogP contribution in [-0.4, -0.2) is 25.2 Å². The maximum absolute atomic E-state index is 12.5. The number of halogens is 3. The first-order valence-electron chi connectivity index (χ1n) is 6.24. The van der Waals surface area contributed by atoms with Crippen molar-refractivity contribution in [1.82, 2.24) is 0 Å². The lowest BCUT2D eigenvalue weighted by molar-refractivity contribution is -0.137. The van der Waals surface area contributed by atoms with Crippen molar-refractivity contribution in [2.45, 2.75) is 25.6 Å². The second-order valence-electron chi connectivity index (χ2n) is 4.68. The Labute approximate surface area is 114 Å². The molecule has 0 saturated carbocycles. The summed E-state index contributed by atoms with van der Waals surface area (Å²) < 4.78 is 42.6. The first kappa shape index (κ1) is 14.5. The van der Waals surface area contributed by atoms with Crippen LogP contribution in [0.25, 0.3) is 0 Å². The molecule has 1 aliphatic rings. The fraction of sp³-hybridized carbons (Fsp3) is 0.462. The third-order valence-corrected chi connectivity index (χ3v) is 3.08. The Morgan fingerprint density at radius 2 is 2.20 bits per heavy atom. The maximum Gasteiger partial charge on any atom is 0.416 e. The Morgan fingerprint density at radius 1 is 1.45 bits per heavy atom. The molecule has 110 valence electrons. The predicted octanol–water partition coefficient (Wildman–Crippen LogP) is 2.53. The first-order valence-corrected chi connectivity index (χ1v) is 6.24. The zero-order valence-corrected chi connectivity index (χ0v) is 11.0. The topological polar surface area (TPSA) is 59.6 Å². The van der Waals surface area contributed by atoms with Gasteiger partial charge in [-0.2, -0.15) is 13.2 Å². The van der Waals surface area contributed by atoms with Gasteiger partial charge in [0.05, 0.1) is 11.6 Å². The molecule has 3 N–H and O–H groups in total. The van der Waals surface area contributed by atoms with Crippen LogP contribution in [0.5, 0.6) is 0 Å². The van der Waals surface area contributed by atoms with Gasteiger partial charge in [0.15, 0.2) is 0 Å². The Kier molecular flexibility index (Phi) is 4.06. The van der Waals surface area contributed by atoms with Crippen molar-refractivity contribution in [1.29, 1.82) is 0 Å². The summed E-state index contributed by atoms with van der Waals surface area (Å²) in [6.07, 6.45) is -3.60. The predicted molar refractivity (Wildman–Crippen MR) is 70.7 cm³/mol. The minimum absolute atomic E-state index is 0.0113. The van der Waals surface area contributed by atoms with Gasteiger partial charge in [0, 0.05) is 12.2 Å². The van der Waals surface area contributed by atoms with Crippen molar-refractivity contribution in [3.63, 3.8) is 0 Å². The van der Waals surface area contributed by atoms with Crippen LogP contribution in [0, 0.1) is 6.92 Å². The number of hydrogen-bond donors (Lipinski definition) is 2. The smallest absolute Gasteiger partial charge is 0.416 e. The van der Waals surface area contributed by atoms with Gasteiger partial charge in [-0.25, -0.2) is 4.99 Å². The third-order valence-electron chi connectivity index (χ3n) is 3.08. The summed E-state index contributed by atoms with van der Waals surface area (Å²) in [6.45, 7) is 2.70. The number of amidine groups is 1. The number of aliphatic imine (C=N–C) groups is 1. The van der Waals surface area contributed by atoms with Gasteiger partial charge in [0.25, 0.3) is 6.02 Å². The number of rotatable bonds is 4. The van der Waals surface area contributed by atoms with Gasteiger partial charge >= 0.3 is 6.18 Å². The summed E-state index contributed by atoms with van der Waals surface area (Å²) in [5.41, 5.74) is 6.00. The number of nitrogens with zero attached hydrogens (tertiary/aromatic N) is 1. The summed E-state index contributed by atoms with van der Waals surface area (Å²) >= 11 is 0. The Morgan fingerprint density at radius 3 is 2.75 bits per heavy atom. The Bertz CT molecular complexity index is 514. The molecule has 2 rings (SSSR count). The van der Waals surface area contributed by atoms with Gasteiger partial charge < -0.3 is 15.8 Å². The number of anilines is 1. The molecule has 0 aliphatic carbocycles. The van der Waals surface area contributed by atoms with Gasteiger partial charge in [-0.1, -0.05) is 0 Å². The molecule has 0 amide bonds. The van der Waals surface area contributed by atoms with Crippen molar-refractivity contribution < 1.29 is 17.9 Å². The standard InChI is InChI=1S/C13H16F3N3O/c1-8-6-9(13(14,15)16)2-3-11(8)18-5-4-10-7-20-12(17)19-10/h2-3,6,10,18H,4-5,7H2,1H3,(H2,17,19)/t10-/m0/s1. The van der Waals surface area contributed by atoms with Crippen LogP contribution < -0.4 is 11.1 Å². The number of nitrogens with one attached hydrogen (secondary N) is 1. The van der Waals surface area contributed by atoms with Crippen molar-refractivity contribution in [2.24, 2.45) is 10.7 Å². The van der Waals surface area contributed by atoms with E-state index in [1.807, 2.05) is 0 Å². The quantitative estimate of drug-likeness (QED) is 0.894. The molecule has 1 aliphatic heterocycles. The highest BCUT2D eigenvalue weighted by atomic mass is 19.4. The molecule has 0 saturated heterocycles. The van der Waals surface area contributed by atoms with E-state index in [-0.39, 0.29) is 12.1 Å². The van der Waals surface area contributed by atoms with E-state index in [0.29, 0.717) is 30.8 Å². The van der Waals surface area contributed by atoms with Crippen molar-refractivity contribution in [2.75, 3.05) is 18.5 Å². The fourth-order valence-electron chi connectivity index (χ4n) is 2.00. The molecule has 0 radical (unpaired) electrons. The highest BCUT2D eigenvalue weighted by Crippen LogP contribution is 2.31. The van der Waals surface area contributed by atoms with E-state index < -0.39 is 11.7 Å². The SMILES string of the molecule is Cc1cc(C(F)(F)F)ccc1NCC[C@H]1COC(N)=N1. The van der Waals surface area contributed by atoms with Crippen LogP contribution in [0.4, 0.5) is 18.9 Å². The largest absolute Gasteiger partial charge is 0.463 e. The van der Waals surface area contributed by atoms with Crippen molar-refractivity contribution >= 4 is 11.7 Å². The maximum atomic E-state index is 12.5. The number of ether oxygens (including phenoxy) is 1. The lowest BCUT2D eigenvalue weighted by Gasteiger charge is -2.13. The van der Waals surface area contributed by atoms with Crippen LogP contribution in [0.1, 0.15) is 17.5 Å². The van der Waals surface area contributed by atoms with E-state index in [9.17, 15) is 13.2 Å². The number of nitrogens with two attached hydrogens (primary N) is 1. The van der Waals surface area contributed by atoms with Gasteiger partial charge in [-0.05, 0) is 37.1 Å². The van der Waals surface area contributed by atoms with E-state index in [1.165, 1.54) is 6.07 Å². The van der Waals surface area contributed by atoms with E-state index in [2.05, 4.69) is 10.3 Å². The molecular formula is C13H16F3N3O. The Balaban J connectivity index is 1.90. The molecule has 4 nitrogen and oxygen atoms in total. The molecule has 1 aromatic carbocycles. The number of hydrogen-bond acceptors (Lipinski definition) is 4. The van der Waals surface area contributed by atoms with Gasteiger partial charge in [-0.3, -0.25) is 0 Å². The molecule has 0 spiro atoms. The molecule has 1 aromatic rings. The van der Waals surface area contributed by atoms with E-state index >= 15 is 0 Å². The number of aryl methyl sites for hydroxylation is 1. The highest BCUT2D eigenvalue weighted by Gasteiger charge is 2.30. The zero-order valence-electron chi connectivity index (χ0n) is 11.0. The molecule has 7 heteroatoms. The Hall–Kier alpha value is -1.92. The van der Waals surface area contributed by atoms with Crippen molar-refractivity contribution in [3.05, 3.63) is 29.3 Å². The molecule has 0 bridgehead atoms. The fourth-order valence-corrected chi connectivity index (χ4v) is 2.00. The summed E-state index contributed by atoms with van der Waals surface area (Å²) in [5.74, 6) is 0. The lowest BCUT2D eigenvalue weighted by Crippen LogP contribution is -2.14.